The molecule has 0 saturated heterocycles. The van der Waals surface area contributed by atoms with E-state index in [9.17, 15) is 14.4 Å². The van der Waals surface area contributed by atoms with Gasteiger partial charge in [0.1, 0.15) is 28.8 Å². The minimum Gasteiger partial charge on any atom is -0.497 e. The Bertz CT molecular complexity index is 1390. The highest BCUT2D eigenvalue weighted by atomic mass is 16.5. The van der Waals surface area contributed by atoms with Crippen molar-refractivity contribution in [1.82, 2.24) is 9.55 Å². The Labute approximate surface area is 188 Å². The van der Waals surface area contributed by atoms with Crippen LogP contribution in [0, 0.1) is 6.92 Å². The third kappa shape index (κ3) is 4.33. The molecule has 2 aromatic heterocycles. The van der Waals surface area contributed by atoms with Crippen molar-refractivity contribution >= 4 is 28.7 Å². The molecule has 0 aliphatic rings. The predicted molar refractivity (Wildman–Crippen MR) is 120 cm³/mol. The van der Waals surface area contributed by atoms with Gasteiger partial charge in [0, 0.05) is 24.4 Å². The number of hydrogen-bond donors (Lipinski definition) is 1. The molecule has 4 aromatic rings. The van der Waals surface area contributed by atoms with Crippen molar-refractivity contribution in [2.45, 2.75) is 13.0 Å². The fourth-order valence-electron chi connectivity index (χ4n) is 3.41. The van der Waals surface area contributed by atoms with Gasteiger partial charge in [-0.15, -0.1) is 0 Å². The first-order valence-electron chi connectivity index (χ1n) is 10.0. The van der Waals surface area contributed by atoms with Crippen molar-refractivity contribution in [2.24, 2.45) is 7.05 Å². The Balaban J connectivity index is 1.69. The zero-order valence-corrected chi connectivity index (χ0v) is 18.2. The number of benzene rings is 2. The number of esters is 1. The van der Waals surface area contributed by atoms with Gasteiger partial charge in [0.2, 0.25) is 11.8 Å². The van der Waals surface area contributed by atoms with Crippen LogP contribution >= 0.6 is 0 Å². The van der Waals surface area contributed by atoms with Gasteiger partial charge in [0.15, 0.2) is 0 Å². The number of furan rings is 1. The van der Waals surface area contributed by atoms with Gasteiger partial charge in [-0.25, -0.2) is 9.78 Å². The molecule has 9 nitrogen and oxygen atoms in total. The van der Waals surface area contributed by atoms with Crippen LogP contribution in [-0.4, -0.2) is 28.5 Å². The van der Waals surface area contributed by atoms with E-state index in [1.165, 1.54) is 32.0 Å². The van der Waals surface area contributed by atoms with Crippen LogP contribution < -0.4 is 15.6 Å². The third-order valence-corrected chi connectivity index (χ3v) is 5.05. The van der Waals surface area contributed by atoms with Gasteiger partial charge in [-0.3, -0.25) is 9.59 Å². The van der Waals surface area contributed by atoms with E-state index < -0.39 is 23.5 Å². The topological polar surface area (TPSA) is 113 Å². The number of nitrogens with one attached hydrogen (secondary N) is 1. The molecule has 168 valence electrons. The summed E-state index contributed by atoms with van der Waals surface area (Å²) in [5.74, 6) is -0.707. The minimum atomic E-state index is -1.28. The number of anilines is 1. The molecular formula is C24H21N3O6. The number of amides is 1. The summed E-state index contributed by atoms with van der Waals surface area (Å²) < 4.78 is 17.5. The number of carbonyl (C=O) groups excluding carboxylic acids is 2. The Kier molecular flexibility index (Phi) is 5.95. The van der Waals surface area contributed by atoms with E-state index in [-0.39, 0.29) is 22.4 Å². The standard InChI is InChI=1S/C24H21N3O6/c1-14-18(19-22(32-14)25-13-27(2)23(19)29)24(30)33-20(15-8-5-4-6-9-15)21(28)26-16-10-7-11-17(12-16)31-3/h4-13,20H,1-3H3,(H,26,28). The van der Waals surface area contributed by atoms with Crippen LogP contribution in [-0.2, 0) is 16.6 Å². The van der Waals surface area contributed by atoms with Gasteiger partial charge in [-0.2, -0.15) is 0 Å². The van der Waals surface area contributed by atoms with Crippen molar-refractivity contribution in [3.05, 3.63) is 88.2 Å². The molecule has 1 N–H and O–H groups in total. The molecule has 1 unspecified atom stereocenters. The fourth-order valence-corrected chi connectivity index (χ4v) is 3.41. The van der Waals surface area contributed by atoms with Crippen LogP contribution in [0.25, 0.3) is 11.1 Å². The SMILES string of the molecule is COc1cccc(NC(=O)C(OC(=O)c2c(C)oc3ncn(C)c(=O)c23)c2ccccc2)c1. The molecule has 0 radical (unpaired) electrons. The number of fused-ring (bicyclic) bond motifs is 1. The maximum atomic E-state index is 13.2. The number of rotatable bonds is 6. The average molecular weight is 447 g/mol. The number of aryl methyl sites for hydroxylation is 2. The zero-order valence-electron chi connectivity index (χ0n) is 18.2. The molecule has 1 atom stereocenters. The van der Waals surface area contributed by atoms with Gasteiger partial charge in [0.25, 0.3) is 11.5 Å². The second-order valence-corrected chi connectivity index (χ2v) is 7.29. The summed E-state index contributed by atoms with van der Waals surface area (Å²) in [6.45, 7) is 1.53. The van der Waals surface area contributed by atoms with E-state index in [2.05, 4.69) is 10.3 Å². The quantitative estimate of drug-likeness (QED) is 0.451. The summed E-state index contributed by atoms with van der Waals surface area (Å²) >= 11 is 0. The lowest BCUT2D eigenvalue weighted by Gasteiger charge is -2.18. The van der Waals surface area contributed by atoms with Crippen LogP contribution in [0.1, 0.15) is 27.8 Å². The molecule has 0 aliphatic heterocycles. The van der Waals surface area contributed by atoms with Crippen molar-refractivity contribution in [3.8, 4) is 5.75 Å². The normalized spacial score (nSPS) is 11.7. The first-order valence-corrected chi connectivity index (χ1v) is 10.0. The Morgan fingerprint density at radius 3 is 2.61 bits per heavy atom. The number of nitrogens with zero attached hydrogens (tertiary/aromatic N) is 2. The monoisotopic (exact) mass is 447 g/mol. The summed E-state index contributed by atoms with van der Waals surface area (Å²) in [4.78, 5) is 43.0. The van der Waals surface area contributed by atoms with E-state index >= 15 is 0 Å². The number of methoxy groups -OCH3 is 1. The Morgan fingerprint density at radius 2 is 1.88 bits per heavy atom. The first-order chi connectivity index (χ1) is 15.9. The van der Waals surface area contributed by atoms with Gasteiger partial charge in [-0.1, -0.05) is 36.4 Å². The molecular weight excluding hydrogens is 426 g/mol. The second kappa shape index (κ2) is 8.99. The highest BCUT2D eigenvalue weighted by molar-refractivity contribution is 6.05. The van der Waals surface area contributed by atoms with Gasteiger partial charge in [0.05, 0.1) is 7.11 Å². The molecule has 0 aliphatic carbocycles. The van der Waals surface area contributed by atoms with Crippen LogP contribution in [0.3, 0.4) is 0 Å². The van der Waals surface area contributed by atoms with E-state index in [4.69, 9.17) is 13.9 Å². The molecule has 0 bridgehead atoms. The van der Waals surface area contributed by atoms with Crippen molar-refractivity contribution in [3.63, 3.8) is 0 Å². The van der Waals surface area contributed by atoms with Crippen molar-refractivity contribution in [1.29, 1.82) is 0 Å². The second-order valence-electron chi connectivity index (χ2n) is 7.29. The molecule has 33 heavy (non-hydrogen) atoms. The molecule has 0 fully saturated rings. The van der Waals surface area contributed by atoms with E-state index in [0.717, 1.165) is 0 Å². The smallest absolute Gasteiger partial charge is 0.343 e. The molecule has 9 heteroatoms. The van der Waals surface area contributed by atoms with Crippen LogP contribution in [0.4, 0.5) is 5.69 Å². The summed E-state index contributed by atoms with van der Waals surface area (Å²) in [7, 11) is 3.03. The fraction of sp³-hybridized carbons (Fsp3) is 0.167. The number of hydrogen-bond acceptors (Lipinski definition) is 7. The van der Waals surface area contributed by atoms with Gasteiger partial charge < -0.3 is 23.8 Å². The lowest BCUT2D eigenvalue weighted by molar-refractivity contribution is -0.125. The van der Waals surface area contributed by atoms with Gasteiger partial charge in [-0.05, 0) is 19.1 Å². The lowest BCUT2D eigenvalue weighted by atomic mass is 10.1. The summed E-state index contributed by atoms with van der Waals surface area (Å²) in [5.41, 5.74) is 0.441. The molecule has 2 heterocycles. The third-order valence-electron chi connectivity index (χ3n) is 5.05. The molecule has 0 spiro atoms. The highest BCUT2D eigenvalue weighted by Crippen LogP contribution is 2.27. The molecule has 1 amide bonds. The minimum absolute atomic E-state index is 0.00233. The van der Waals surface area contributed by atoms with E-state index in [0.29, 0.717) is 17.0 Å². The number of carbonyl (C=O) groups is 2. The van der Waals surface area contributed by atoms with Gasteiger partial charge >= 0.3 is 5.97 Å². The Morgan fingerprint density at radius 1 is 1.12 bits per heavy atom. The maximum Gasteiger partial charge on any atom is 0.343 e. The van der Waals surface area contributed by atoms with E-state index in [1.807, 2.05) is 0 Å². The molecule has 4 rings (SSSR count). The highest BCUT2D eigenvalue weighted by Gasteiger charge is 2.30. The van der Waals surface area contributed by atoms with Crippen molar-refractivity contribution < 1.29 is 23.5 Å². The summed E-state index contributed by atoms with van der Waals surface area (Å²) in [6, 6.07) is 15.4. The first kappa shape index (κ1) is 21.8. The van der Waals surface area contributed by atoms with Crippen LogP contribution in [0.2, 0.25) is 0 Å². The van der Waals surface area contributed by atoms with Crippen LogP contribution in [0.15, 0.2) is 70.1 Å². The predicted octanol–water partition coefficient (Wildman–Crippen LogP) is 3.38. The van der Waals surface area contributed by atoms with Crippen LogP contribution in [0.5, 0.6) is 5.75 Å². The summed E-state index contributed by atoms with van der Waals surface area (Å²) in [5, 5.41) is 2.74. The molecule has 2 aromatic carbocycles. The lowest BCUT2D eigenvalue weighted by Crippen LogP contribution is -2.26. The number of ether oxygens (including phenoxy) is 2. The Hall–Kier alpha value is -4.40. The number of aromatic nitrogens is 2. The average Bonchev–Trinajstić information content (AvgIpc) is 3.17. The van der Waals surface area contributed by atoms with Crippen molar-refractivity contribution in [2.75, 3.05) is 12.4 Å². The van der Waals surface area contributed by atoms with E-state index in [1.54, 1.807) is 54.6 Å². The largest absolute Gasteiger partial charge is 0.497 e. The maximum absolute atomic E-state index is 13.2. The zero-order chi connectivity index (χ0) is 23.5. The summed E-state index contributed by atoms with van der Waals surface area (Å²) in [6.07, 6.45) is 0.0200. The molecule has 0 saturated carbocycles.